The number of aliphatic imine (C=N–C) groups is 1. The lowest BCUT2D eigenvalue weighted by atomic mass is 10.1. The molecule has 6 heteroatoms. The van der Waals surface area contributed by atoms with Gasteiger partial charge >= 0.3 is 0 Å². The number of anilines is 1. The van der Waals surface area contributed by atoms with E-state index in [2.05, 4.69) is 68.1 Å². The van der Waals surface area contributed by atoms with E-state index in [1.54, 1.807) is 7.05 Å². The van der Waals surface area contributed by atoms with Crippen molar-refractivity contribution >= 4 is 33.5 Å². The summed E-state index contributed by atoms with van der Waals surface area (Å²) in [5.41, 5.74) is 4.28. The zero-order valence-electron chi connectivity index (χ0n) is 15.4. The smallest absolute Gasteiger partial charge is 0.226 e. The van der Waals surface area contributed by atoms with E-state index in [-0.39, 0.29) is 5.91 Å². The first kappa shape index (κ1) is 20.0. The molecule has 26 heavy (non-hydrogen) atoms. The molecule has 0 fully saturated rings. The molecule has 0 saturated heterocycles. The minimum Gasteiger partial charge on any atom is -0.356 e. The summed E-state index contributed by atoms with van der Waals surface area (Å²) in [7, 11) is 1.72. The molecule has 0 aromatic heterocycles. The third-order valence-electron chi connectivity index (χ3n) is 3.92. The van der Waals surface area contributed by atoms with Gasteiger partial charge in [-0.3, -0.25) is 9.79 Å². The summed E-state index contributed by atoms with van der Waals surface area (Å²) in [6.07, 6.45) is 0.358. The molecule has 0 aliphatic carbocycles. The van der Waals surface area contributed by atoms with Crippen molar-refractivity contribution in [1.82, 2.24) is 10.6 Å². The van der Waals surface area contributed by atoms with Crippen LogP contribution in [0.1, 0.15) is 23.1 Å². The van der Waals surface area contributed by atoms with Crippen LogP contribution in [-0.4, -0.2) is 25.5 Å². The average Bonchev–Trinajstić information content (AvgIpc) is 2.62. The third-order valence-corrected chi connectivity index (χ3v) is 4.42. The Morgan fingerprint density at radius 2 is 1.81 bits per heavy atom. The van der Waals surface area contributed by atoms with E-state index >= 15 is 0 Å². The number of nitrogens with zero attached hydrogens (tertiary/aromatic N) is 1. The number of carbonyl (C=O) groups is 1. The molecule has 0 saturated carbocycles. The zero-order valence-corrected chi connectivity index (χ0v) is 17.0. The van der Waals surface area contributed by atoms with E-state index < -0.39 is 0 Å². The van der Waals surface area contributed by atoms with Gasteiger partial charge in [-0.2, -0.15) is 0 Å². The van der Waals surface area contributed by atoms with Gasteiger partial charge in [-0.15, -0.1) is 0 Å². The fraction of sp³-hybridized carbons (Fsp3) is 0.300. The van der Waals surface area contributed by atoms with Crippen LogP contribution in [0.4, 0.5) is 5.69 Å². The van der Waals surface area contributed by atoms with Gasteiger partial charge in [-0.1, -0.05) is 51.8 Å². The Morgan fingerprint density at radius 3 is 2.50 bits per heavy atom. The molecule has 0 aliphatic heterocycles. The fourth-order valence-electron chi connectivity index (χ4n) is 2.35. The van der Waals surface area contributed by atoms with Gasteiger partial charge in [0.1, 0.15) is 0 Å². The molecule has 0 aliphatic rings. The Kier molecular flexibility index (Phi) is 7.66. The molecule has 2 aromatic rings. The molecule has 0 heterocycles. The highest BCUT2D eigenvalue weighted by molar-refractivity contribution is 9.10. The molecular formula is C20H25BrN4O. The van der Waals surface area contributed by atoms with Crippen LogP contribution >= 0.6 is 15.9 Å². The zero-order chi connectivity index (χ0) is 18.9. The summed E-state index contributed by atoms with van der Waals surface area (Å²) >= 11 is 3.42. The molecular weight excluding hydrogens is 392 g/mol. The number of rotatable bonds is 6. The van der Waals surface area contributed by atoms with Crippen molar-refractivity contribution in [2.45, 2.75) is 26.8 Å². The lowest BCUT2D eigenvalue weighted by Gasteiger charge is -2.13. The van der Waals surface area contributed by atoms with Crippen molar-refractivity contribution in [2.24, 2.45) is 4.99 Å². The number of halogens is 1. The van der Waals surface area contributed by atoms with Gasteiger partial charge in [0.2, 0.25) is 5.91 Å². The molecule has 0 bridgehead atoms. The van der Waals surface area contributed by atoms with E-state index in [1.807, 2.05) is 25.1 Å². The Hall–Kier alpha value is -2.34. The Morgan fingerprint density at radius 1 is 1.08 bits per heavy atom. The Balaban J connectivity index is 1.75. The van der Waals surface area contributed by atoms with E-state index in [0.717, 1.165) is 15.7 Å². The van der Waals surface area contributed by atoms with Gasteiger partial charge in [-0.25, -0.2) is 0 Å². The number of benzene rings is 2. The maximum Gasteiger partial charge on any atom is 0.226 e. The van der Waals surface area contributed by atoms with E-state index in [4.69, 9.17) is 0 Å². The van der Waals surface area contributed by atoms with Crippen molar-refractivity contribution in [3.63, 3.8) is 0 Å². The maximum absolute atomic E-state index is 12.1. The highest BCUT2D eigenvalue weighted by Crippen LogP contribution is 2.20. The predicted octanol–water partition coefficient (Wildman–Crippen LogP) is 3.76. The fourth-order valence-corrected chi connectivity index (χ4v) is 2.71. The van der Waals surface area contributed by atoms with Crippen molar-refractivity contribution < 1.29 is 4.79 Å². The van der Waals surface area contributed by atoms with Crippen molar-refractivity contribution in [3.8, 4) is 0 Å². The van der Waals surface area contributed by atoms with Crippen LogP contribution in [0.25, 0.3) is 0 Å². The molecule has 0 unspecified atom stereocenters. The van der Waals surface area contributed by atoms with Crippen LogP contribution in [-0.2, 0) is 11.3 Å². The lowest BCUT2D eigenvalue weighted by Crippen LogP contribution is -2.38. The van der Waals surface area contributed by atoms with Crippen molar-refractivity contribution in [1.29, 1.82) is 0 Å². The van der Waals surface area contributed by atoms with Crippen LogP contribution in [0.5, 0.6) is 0 Å². The number of nitrogens with one attached hydrogen (secondary N) is 3. The van der Waals surface area contributed by atoms with Crippen molar-refractivity contribution in [3.05, 3.63) is 63.6 Å². The average molecular weight is 417 g/mol. The SMILES string of the molecule is CN=C(NCCC(=O)Nc1cc(Br)ccc1C)NCc1ccc(C)cc1. The quantitative estimate of drug-likeness (QED) is 0.496. The second-order valence-corrected chi connectivity index (χ2v) is 7.01. The third kappa shape index (κ3) is 6.52. The van der Waals surface area contributed by atoms with Crippen molar-refractivity contribution in [2.75, 3.05) is 18.9 Å². The Labute approximate surface area is 163 Å². The minimum absolute atomic E-state index is 0.0345. The molecule has 138 valence electrons. The number of carbonyl (C=O) groups excluding carboxylic acids is 1. The number of guanidine groups is 1. The van der Waals surface area contributed by atoms with Gasteiger partial charge < -0.3 is 16.0 Å². The molecule has 2 rings (SSSR count). The number of amides is 1. The monoisotopic (exact) mass is 416 g/mol. The minimum atomic E-state index is -0.0345. The first-order chi connectivity index (χ1) is 12.5. The molecule has 3 N–H and O–H groups in total. The largest absolute Gasteiger partial charge is 0.356 e. The predicted molar refractivity (Wildman–Crippen MR) is 112 cm³/mol. The summed E-state index contributed by atoms with van der Waals surface area (Å²) in [4.78, 5) is 16.3. The summed E-state index contributed by atoms with van der Waals surface area (Å²) < 4.78 is 0.942. The maximum atomic E-state index is 12.1. The molecule has 5 nitrogen and oxygen atoms in total. The van der Waals surface area contributed by atoms with Crippen LogP contribution in [0.2, 0.25) is 0 Å². The number of hydrogen-bond donors (Lipinski definition) is 3. The summed E-state index contributed by atoms with van der Waals surface area (Å²) in [6.45, 7) is 5.23. The molecule has 0 spiro atoms. The summed E-state index contributed by atoms with van der Waals surface area (Å²) in [6, 6.07) is 14.2. The van der Waals surface area contributed by atoms with Crippen LogP contribution in [0, 0.1) is 13.8 Å². The highest BCUT2D eigenvalue weighted by atomic mass is 79.9. The lowest BCUT2D eigenvalue weighted by molar-refractivity contribution is -0.116. The van der Waals surface area contributed by atoms with Gasteiger partial charge in [0.15, 0.2) is 5.96 Å². The number of aryl methyl sites for hydroxylation is 2. The van der Waals surface area contributed by atoms with Crippen LogP contribution in [0.3, 0.4) is 0 Å². The van der Waals surface area contributed by atoms with Gasteiger partial charge in [0.05, 0.1) is 0 Å². The van der Waals surface area contributed by atoms with Gasteiger partial charge in [-0.05, 0) is 37.1 Å². The first-order valence-electron chi connectivity index (χ1n) is 8.54. The number of hydrogen-bond acceptors (Lipinski definition) is 2. The van der Waals surface area contributed by atoms with Crippen LogP contribution in [0.15, 0.2) is 51.9 Å². The first-order valence-corrected chi connectivity index (χ1v) is 9.33. The normalized spacial score (nSPS) is 11.2. The Bertz CT molecular complexity index is 772. The molecule has 0 atom stereocenters. The molecule has 1 amide bonds. The van der Waals surface area contributed by atoms with Gasteiger partial charge in [0, 0.05) is 36.7 Å². The van der Waals surface area contributed by atoms with E-state index in [0.29, 0.717) is 25.5 Å². The highest BCUT2D eigenvalue weighted by Gasteiger charge is 2.06. The second-order valence-electron chi connectivity index (χ2n) is 6.10. The van der Waals surface area contributed by atoms with Crippen LogP contribution < -0.4 is 16.0 Å². The van der Waals surface area contributed by atoms with Gasteiger partial charge in [0.25, 0.3) is 0 Å². The van der Waals surface area contributed by atoms with E-state index in [9.17, 15) is 4.79 Å². The standard InChI is InChI=1S/C20H25BrN4O/c1-14-4-7-16(8-5-14)13-24-20(22-3)23-11-10-19(26)25-18-12-17(21)9-6-15(18)2/h4-9,12H,10-11,13H2,1-3H3,(H,25,26)(H2,22,23,24). The molecule has 0 radical (unpaired) electrons. The topological polar surface area (TPSA) is 65.5 Å². The summed E-state index contributed by atoms with van der Waals surface area (Å²) in [5, 5.41) is 9.35. The second kappa shape index (κ2) is 9.97. The van der Waals surface area contributed by atoms with E-state index in [1.165, 1.54) is 11.1 Å². The summed E-state index contributed by atoms with van der Waals surface area (Å²) in [5.74, 6) is 0.643. The molecule has 2 aromatic carbocycles.